The second-order valence-corrected chi connectivity index (χ2v) is 7.58. The Balaban J connectivity index is 1.42. The minimum atomic E-state index is 0.211. The lowest BCUT2D eigenvalue weighted by Gasteiger charge is -2.33. The lowest BCUT2D eigenvalue weighted by Crippen LogP contribution is -2.41. The van der Waals surface area contributed by atoms with E-state index in [0.29, 0.717) is 6.04 Å². The molecule has 1 amide bonds. The van der Waals surface area contributed by atoms with Crippen LogP contribution in [0, 0.1) is 6.92 Å². The van der Waals surface area contributed by atoms with Crippen molar-refractivity contribution in [2.45, 2.75) is 32.4 Å². The first-order valence-electron chi connectivity index (χ1n) is 8.36. The Morgan fingerprint density at radius 1 is 1.22 bits per heavy atom. The highest BCUT2D eigenvalue weighted by atomic mass is 32.1. The first kappa shape index (κ1) is 14.9. The number of hydrogen-bond donors (Lipinski definition) is 0. The van der Waals surface area contributed by atoms with E-state index in [9.17, 15) is 4.79 Å². The molecule has 1 fully saturated rings. The monoisotopic (exact) mass is 326 g/mol. The van der Waals surface area contributed by atoms with Gasteiger partial charge in [0.25, 0.3) is 5.91 Å². The average molecular weight is 326 g/mol. The average Bonchev–Trinajstić information content (AvgIpc) is 3.23. The molecule has 3 heterocycles. The molecule has 3 nitrogen and oxygen atoms in total. The lowest BCUT2D eigenvalue weighted by molar-refractivity contribution is 0.0778. The van der Waals surface area contributed by atoms with Gasteiger partial charge in [0.2, 0.25) is 0 Å². The van der Waals surface area contributed by atoms with E-state index in [1.807, 2.05) is 17.9 Å². The van der Waals surface area contributed by atoms with Crippen molar-refractivity contribution in [3.8, 4) is 0 Å². The minimum absolute atomic E-state index is 0.211. The summed E-state index contributed by atoms with van der Waals surface area (Å²) in [5, 5.41) is 2.06. The van der Waals surface area contributed by atoms with Crippen LogP contribution in [0.1, 0.15) is 32.8 Å². The Morgan fingerprint density at radius 2 is 2.04 bits per heavy atom. The van der Waals surface area contributed by atoms with Crippen molar-refractivity contribution < 1.29 is 4.79 Å². The molecule has 0 unspecified atom stereocenters. The van der Waals surface area contributed by atoms with Crippen LogP contribution in [0.3, 0.4) is 0 Å². The fraction of sp³-hybridized carbons (Fsp3) is 0.421. The molecule has 1 atom stereocenters. The first-order valence-corrected chi connectivity index (χ1v) is 9.24. The number of carbonyl (C=O) groups excluding carboxylic acids is 1. The van der Waals surface area contributed by atoms with Gasteiger partial charge in [0, 0.05) is 32.2 Å². The molecule has 2 aliphatic rings. The molecule has 23 heavy (non-hydrogen) atoms. The van der Waals surface area contributed by atoms with E-state index in [0.717, 1.165) is 43.9 Å². The highest BCUT2D eigenvalue weighted by Gasteiger charge is 2.32. The third-order valence-electron chi connectivity index (χ3n) is 5.07. The normalized spacial score (nSPS) is 21.4. The summed E-state index contributed by atoms with van der Waals surface area (Å²) in [4.78, 5) is 18.1. The van der Waals surface area contributed by atoms with Crippen LogP contribution < -0.4 is 0 Å². The molecule has 4 heteroatoms. The molecule has 1 saturated heterocycles. The zero-order chi connectivity index (χ0) is 15.8. The molecule has 1 aromatic heterocycles. The van der Waals surface area contributed by atoms with Crippen LogP contribution in [-0.4, -0.2) is 41.4 Å². The Morgan fingerprint density at radius 3 is 2.83 bits per heavy atom. The fourth-order valence-electron chi connectivity index (χ4n) is 3.75. The fourth-order valence-corrected chi connectivity index (χ4v) is 4.62. The topological polar surface area (TPSA) is 23.6 Å². The van der Waals surface area contributed by atoms with Crippen LogP contribution in [0.4, 0.5) is 0 Å². The number of likely N-dealkylation sites (tertiary alicyclic amines) is 1. The SMILES string of the molecule is Cc1csc(C(=O)N2CC[C@@H](N3CCc4ccccc4C3)C2)c1. The van der Waals surface area contributed by atoms with Crippen molar-refractivity contribution >= 4 is 17.2 Å². The Labute approximate surface area is 141 Å². The summed E-state index contributed by atoms with van der Waals surface area (Å²) in [6.07, 6.45) is 2.23. The summed E-state index contributed by atoms with van der Waals surface area (Å²) in [7, 11) is 0. The third kappa shape index (κ3) is 2.93. The van der Waals surface area contributed by atoms with E-state index < -0.39 is 0 Å². The maximum absolute atomic E-state index is 12.6. The molecular formula is C19H22N2OS. The van der Waals surface area contributed by atoms with E-state index in [1.54, 1.807) is 11.3 Å². The smallest absolute Gasteiger partial charge is 0.263 e. The molecule has 0 N–H and O–H groups in total. The predicted octanol–water partition coefficient (Wildman–Crippen LogP) is 3.33. The van der Waals surface area contributed by atoms with Crippen LogP contribution in [0.5, 0.6) is 0 Å². The molecule has 0 bridgehead atoms. The van der Waals surface area contributed by atoms with E-state index in [-0.39, 0.29) is 5.91 Å². The standard InChI is InChI=1S/C19H22N2OS/c1-14-10-18(23-13-14)19(22)21-9-7-17(12-21)20-8-6-15-4-2-3-5-16(15)11-20/h2-5,10,13,17H,6-9,11-12H2,1H3/t17-/m1/s1. The van der Waals surface area contributed by atoms with Gasteiger partial charge < -0.3 is 4.90 Å². The van der Waals surface area contributed by atoms with Gasteiger partial charge in [0.1, 0.15) is 0 Å². The molecule has 4 rings (SSSR count). The maximum atomic E-state index is 12.6. The second kappa shape index (κ2) is 6.10. The second-order valence-electron chi connectivity index (χ2n) is 6.67. The van der Waals surface area contributed by atoms with E-state index in [2.05, 4.69) is 34.5 Å². The van der Waals surface area contributed by atoms with Crippen LogP contribution in [0.15, 0.2) is 35.7 Å². The van der Waals surface area contributed by atoms with Gasteiger partial charge in [0.15, 0.2) is 0 Å². The van der Waals surface area contributed by atoms with Crippen molar-refractivity contribution in [3.63, 3.8) is 0 Å². The van der Waals surface area contributed by atoms with Gasteiger partial charge >= 0.3 is 0 Å². The summed E-state index contributed by atoms with van der Waals surface area (Å²) in [5.41, 5.74) is 4.13. The van der Waals surface area contributed by atoms with Gasteiger partial charge in [-0.3, -0.25) is 9.69 Å². The summed E-state index contributed by atoms with van der Waals surface area (Å²) in [5.74, 6) is 0.211. The number of hydrogen-bond acceptors (Lipinski definition) is 3. The Kier molecular flexibility index (Phi) is 3.95. The predicted molar refractivity (Wildman–Crippen MR) is 93.9 cm³/mol. The third-order valence-corrected chi connectivity index (χ3v) is 6.10. The molecular weight excluding hydrogens is 304 g/mol. The Bertz CT molecular complexity index is 724. The van der Waals surface area contributed by atoms with Crippen LogP contribution >= 0.6 is 11.3 Å². The number of aryl methyl sites for hydroxylation is 1. The van der Waals surface area contributed by atoms with Gasteiger partial charge in [0.05, 0.1) is 4.88 Å². The number of carbonyl (C=O) groups is 1. The number of amides is 1. The number of thiophene rings is 1. The molecule has 2 aromatic rings. The van der Waals surface area contributed by atoms with E-state index in [1.165, 1.54) is 16.7 Å². The van der Waals surface area contributed by atoms with Crippen molar-refractivity contribution in [1.29, 1.82) is 0 Å². The van der Waals surface area contributed by atoms with Gasteiger partial charge in [-0.2, -0.15) is 0 Å². The largest absolute Gasteiger partial charge is 0.336 e. The minimum Gasteiger partial charge on any atom is -0.336 e. The van der Waals surface area contributed by atoms with E-state index >= 15 is 0 Å². The molecule has 0 radical (unpaired) electrons. The summed E-state index contributed by atoms with van der Waals surface area (Å²) < 4.78 is 0. The van der Waals surface area contributed by atoms with Crippen LogP contribution in [0.2, 0.25) is 0 Å². The van der Waals surface area contributed by atoms with Crippen molar-refractivity contribution in [1.82, 2.24) is 9.80 Å². The maximum Gasteiger partial charge on any atom is 0.263 e. The van der Waals surface area contributed by atoms with Crippen LogP contribution in [0.25, 0.3) is 0 Å². The van der Waals surface area contributed by atoms with Gasteiger partial charge in [-0.1, -0.05) is 24.3 Å². The lowest BCUT2D eigenvalue weighted by atomic mass is 9.98. The van der Waals surface area contributed by atoms with Gasteiger partial charge in [-0.15, -0.1) is 11.3 Å². The van der Waals surface area contributed by atoms with Crippen molar-refractivity contribution in [3.05, 3.63) is 57.3 Å². The number of fused-ring (bicyclic) bond motifs is 1. The van der Waals surface area contributed by atoms with Crippen molar-refractivity contribution in [2.75, 3.05) is 19.6 Å². The number of rotatable bonds is 2. The molecule has 0 aliphatic carbocycles. The van der Waals surface area contributed by atoms with Gasteiger partial charge in [-0.05, 0) is 47.9 Å². The summed E-state index contributed by atoms with van der Waals surface area (Å²) in [6, 6.07) is 11.3. The van der Waals surface area contributed by atoms with Gasteiger partial charge in [-0.25, -0.2) is 0 Å². The number of nitrogens with zero attached hydrogens (tertiary/aromatic N) is 2. The van der Waals surface area contributed by atoms with E-state index in [4.69, 9.17) is 0 Å². The van der Waals surface area contributed by atoms with Crippen LogP contribution in [-0.2, 0) is 13.0 Å². The molecule has 1 aromatic carbocycles. The summed E-state index contributed by atoms with van der Waals surface area (Å²) in [6.45, 7) is 5.95. The molecule has 2 aliphatic heterocycles. The zero-order valence-corrected chi connectivity index (χ0v) is 14.3. The zero-order valence-electron chi connectivity index (χ0n) is 13.5. The highest BCUT2D eigenvalue weighted by molar-refractivity contribution is 7.12. The molecule has 120 valence electrons. The Hall–Kier alpha value is -1.65. The number of benzene rings is 1. The molecule has 0 spiro atoms. The first-order chi connectivity index (χ1) is 11.2. The summed E-state index contributed by atoms with van der Waals surface area (Å²) >= 11 is 1.57. The van der Waals surface area contributed by atoms with Crippen molar-refractivity contribution in [2.24, 2.45) is 0 Å². The quantitative estimate of drug-likeness (QED) is 0.845. The highest BCUT2D eigenvalue weighted by Crippen LogP contribution is 2.26. The molecule has 0 saturated carbocycles.